The number of nitrogens with zero attached hydrogens (tertiary/aromatic N) is 1. The van der Waals surface area contributed by atoms with Crippen molar-refractivity contribution in [1.82, 2.24) is 4.37 Å². The van der Waals surface area contributed by atoms with Crippen molar-refractivity contribution < 1.29 is 5.11 Å². The SMILES string of the molecule is Cc1c(N)nsc1NCC1(O)CCCCCC1. The highest BCUT2D eigenvalue weighted by Gasteiger charge is 2.28. The van der Waals surface area contributed by atoms with E-state index in [4.69, 9.17) is 5.73 Å². The van der Waals surface area contributed by atoms with Crippen LogP contribution in [0.5, 0.6) is 0 Å². The zero-order valence-electron chi connectivity index (χ0n) is 10.3. The van der Waals surface area contributed by atoms with Crippen molar-refractivity contribution in [3.8, 4) is 0 Å². The number of hydrogen-bond donors (Lipinski definition) is 3. The lowest BCUT2D eigenvalue weighted by molar-refractivity contribution is 0.0382. The van der Waals surface area contributed by atoms with Gasteiger partial charge in [-0.05, 0) is 31.3 Å². The first-order valence-electron chi connectivity index (χ1n) is 6.29. The number of anilines is 2. The summed E-state index contributed by atoms with van der Waals surface area (Å²) in [6.07, 6.45) is 6.54. The molecule has 1 fully saturated rings. The van der Waals surface area contributed by atoms with Gasteiger partial charge in [0.1, 0.15) is 10.8 Å². The number of aromatic nitrogens is 1. The first-order valence-corrected chi connectivity index (χ1v) is 7.06. The van der Waals surface area contributed by atoms with Crippen LogP contribution in [0.3, 0.4) is 0 Å². The molecule has 17 heavy (non-hydrogen) atoms. The summed E-state index contributed by atoms with van der Waals surface area (Å²) in [7, 11) is 0. The molecule has 1 heterocycles. The summed E-state index contributed by atoms with van der Waals surface area (Å²) in [5, 5.41) is 14.8. The molecule has 0 aliphatic heterocycles. The third-order valence-corrected chi connectivity index (χ3v) is 4.49. The van der Waals surface area contributed by atoms with Crippen LogP contribution in [-0.2, 0) is 0 Å². The van der Waals surface area contributed by atoms with Crippen LogP contribution in [0.15, 0.2) is 0 Å². The van der Waals surface area contributed by atoms with E-state index in [2.05, 4.69) is 9.69 Å². The third kappa shape index (κ3) is 3.10. The maximum atomic E-state index is 10.5. The fourth-order valence-corrected chi connectivity index (χ4v) is 3.03. The predicted octanol–water partition coefficient (Wildman–Crippen LogP) is 2.53. The molecule has 4 nitrogen and oxygen atoms in total. The summed E-state index contributed by atoms with van der Waals surface area (Å²) in [6.45, 7) is 2.56. The van der Waals surface area contributed by atoms with Crippen molar-refractivity contribution in [2.75, 3.05) is 17.6 Å². The van der Waals surface area contributed by atoms with Crippen LogP contribution >= 0.6 is 11.5 Å². The lowest BCUT2D eigenvalue weighted by atomic mass is 9.94. The lowest BCUT2D eigenvalue weighted by Gasteiger charge is -2.27. The zero-order chi connectivity index (χ0) is 12.3. The Balaban J connectivity index is 1.94. The number of aliphatic hydroxyl groups is 1. The van der Waals surface area contributed by atoms with Gasteiger partial charge in [-0.1, -0.05) is 25.7 Å². The lowest BCUT2D eigenvalue weighted by Crippen LogP contribution is -2.36. The minimum atomic E-state index is -0.554. The molecule has 4 N–H and O–H groups in total. The highest BCUT2D eigenvalue weighted by Crippen LogP contribution is 2.30. The van der Waals surface area contributed by atoms with Crippen molar-refractivity contribution in [3.05, 3.63) is 5.56 Å². The summed E-state index contributed by atoms with van der Waals surface area (Å²) in [5.41, 5.74) is 6.14. The molecule has 1 aromatic heterocycles. The average Bonchev–Trinajstić information content (AvgIpc) is 2.53. The Labute approximate surface area is 106 Å². The molecular weight excluding hydrogens is 234 g/mol. The fourth-order valence-electron chi connectivity index (χ4n) is 2.32. The second-order valence-electron chi connectivity index (χ2n) is 5.01. The Morgan fingerprint density at radius 1 is 1.35 bits per heavy atom. The van der Waals surface area contributed by atoms with E-state index < -0.39 is 5.60 Å². The Hall–Kier alpha value is -0.810. The monoisotopic (exact) mass is 255 g/mol. The molecule has 2 rings (SSSR count). The van der Waals surface area contributed by atoms with E-state index in [-0.39, 0.29) is 0 Å². The molecule has 0 atom stereocenters. The average molecular weight is 255 g/mol. The topological polar surface area (TPSA) is 71.2 Å². The van der Waals surface area contributed by atoms with Crippen molar-refractivity contribution in [2.24, 2.45) is 0 Å². The van der Waals surface area contributed by atoms with E-state index in [9.17, 15) is 5.11 Å². The van der Waals surface area contributed by atoms with Gasteiger partial charge in [0, 0.05) is 12.1 Å². The van der Waals surface area contributed by atoms with E-state index in [0.29, 0.717) is 12.4 Å². The van der Waals surface area contributed by atoms with Crippen LogP contribution < -0.4 is 11.1 Å². The van der Waals surface area contributed by atoms with E-state index in [1.54, 1.807) is 0 Å². The molecular formula is C12H21N3OS. The van der Waals surface area contributed by atoms with Gasteiger partial charge in [-0.25, -0.2) is 0 Å². The molecule has 5 heteroatoms. The summed E-state index contributed by atoms with van der Waals surface area (Å²) in [6, 6.07) is 0. The van der Waals surface area contributed by atoms with Crippen LogP contribution in [0.2, 0.25) is 0 Å². The van der Waals surface area contributed by atoms with Crippen molar-refractivity contribution in [2.45, 2.75) is 51.0 Å². The van der Waals surface area contributed by atoms with E-state index in [1.165, 1.54) is 24.4 Å². The van der Waals surface area contributed by atoms with Crippen LogP contribution in [0.4, 0.5) is 10.8 Å². The Bertz CT molecular complexity index is 370. The number of nitrogens with two attached hydrogens (primary N) is 1. The van der Waals surface area contributed by atoms with Gasteiger partial charge in [0.2, 0.25) is 0 Å². The Morgan fingerprint density at radius 2 is 2.00 bits per heavy atom. The van der Waals surface area contributed by atoms with Gasteiger partial charge in [0.05, 0.1) is 5.60 Å². The molecule has 96 valence electrons. The Kier molecular flexibility index (Phi) is 3.89. The minimum Gasteiger partial charge on any atom is -0.388 e. The quantitative estimate of drug-likeness (QED) is 0.726. The van der Waals surface area contributed by atoms with Gasteiger partial charge >= 0.3 is 0 Å². The molecule has 0 radical (unpaired) electrons. The van der Waals surface area contributed by atoms with Crippen LogP contribution in [-0.4, -0.2) is 21.6 Å². The molecule has 1 aliphatic carbocycles. The molecule has 0 bridgehead atoms. The second kappa shape index (κ2) is 5.23. The van der Waals surface area contributed by atoms with Gasteiger partial charge in [0.15, 0.2) is 0 Å². The molecule has 0 amide bonds. The molecule has 0 aromatic carbocycles. The number of hydrogen-bond acceptors (Lipinski definition) is 5. The second-order valence-corrected chi connectivity index (χ2v) is 5.79. The number of nitrogens with one attached hydrogen (secondary N) is 1. The summed E-state index contributed by atoms with van der Waals surface area (Å²) in [5.74, 6) is 0.588. The van der Waals surface area contributed by atoms with Gasteiger partial charge in [-0.15, -0.1) is 0 Å². The Morgan fingerprint density at radius 3 is 2.53 bits per heavy atom. The molecule has 1 aliphatic rings. The summed E-state index contributed by atoms with van der Waals surface area (Å²) >= 11 is 1.37. The standard InChI is InChI=1S/C12H21N3OS/c1-9-10(13)15-17-11(9)14-8-12(16)6-4-2-3-5-7-12/h14,16H,2-8H2,1H3,(H2,13,15). The zero-order valence-corrected chi connectivity index (χ0v) is 11.1. The van der Waals surface area contributed by atoms with Gasteiger partial charge < -0.3 is 16.2 Å². The largest absolute Gasteiger partial charge is 0.388 e. The van der Waals surface area contributed by atoms with Crippen molar-refractivity contribution in [3.63, 3.8) is 0 Å². The minimum absolute atomic E-state index is 0.554. The first-order chi connectivity index (χ1) is 8.11. The predicted molar refractivity (Wildman–Crippen MR) is 72.4 cm³/mol. The first kappa shape index (κ1) is 12.6. The maximum Gasteiger partial charge on any atom is 0.142 e. The maximum absolute atomic E-state index is 10.5. The van der Waals surface area contributed by atoms with E-state index in [0.717, 1.165) is 36.2 Å². The molecule has 1 aromatic rings. The van der Waals surface area contributed by atoms with E-state index >= 15 is 0 Å². The number of rotatable bonds is 3. The van der Waals surface area contributed by atoms with E-state index in [1.807, 2.05) is 6.92 Å². The molecule has 1 saturated carbocycles. The van der Waals surface area contributed by atoms with Crippen molar-refractivity contribution >= 4 is 22.4 Å². The molecule has 0 spiro atoms. The number of nitrogen functional groups attached to an aromatic ring is 1. The summed E-state index contributed by atoms with van der Waals surface area (Å²) in [4.78, 5) is 0. The smallest absolute Gasteiger partial charge is 0.142 e. The summed E-state index contributed by atoms with van der Waals surface area (Å²) < 4.78 is 4.10. The van der Waals surface area contributed by atoms with Crippen LogP contribution in [0.25, 0.3) is 0 Å². The van der Waals surface area contributed by atoms with Crippen molar-refractivity contribution in [1.29, 1.82) is 0 Å². The molecule has 0 unspecified atom stereocenters. The van der Waals surface area contributed by atoms with Crippen LogP contribution in [0, 0.1) is 6.92 Å². The highest BCUT2D eigenvalue weighted by atomic mass is 32.1. The van der Waals surface area contributed by atoms with Crippen LogP contribution in [0.1, 0.15) is 44.1 Å². The van der Waals surface area contributed by atoms with Gasteiger partial charge in [0.25, 0.3) is 0 Å². The fraction of sp³-hybridized carbons (Fsp3) is 0.750. The third-order valence-electron chi connectivity index (χ3n) is 3.57. The van der Waals surface area contributed by atoms with Gasteiger partial charge in [-0.2, -0.15) is 4.37 Å². The normalized spacial score (nSPS) is 19.9. The highest BCUT2D eigenvalue weighted by molar-refractivity contribution is 7.10. The molecule has 0 saturated heterocycles. The van der Waals surface area contributed by atoms with Gasteiger partial charge in [-0.3, -0.25) is 0 Å².